The lowest BCUT2D eigenvalue weighted by Gasteiger charge is -2.20. The number of hydrogen-bond donors (Lipinski definition) is 5. The van der Waals surface area contributed by atoms with Crippen LogP contribution in [0.2, 0.25) is 0 Å². The number of phenols is 2. The minimum atomic E-state index is -1.14. The van der Waals surface area contributed by atoms with Gasteiger partial charge in [0.05, 0.1) is 0 Å². The fraction of sp³-hybridized carbons (Fsp3) is 0.438. The lowest BCUT2D eigenvalue weighted by Crippen LogP contribution is -2.50. The Labute approximate surface area is 139 Å². The highest BCUT2D eigenvalue weighted by Gasteiger charge is 2.24. The number of carboxylic acids is 1. The molecule has 24 heavy (non-hydrogen) atoms. The number of aliphatic carboxylic acids is 1. The third-order valence-electron chi connectivity index (χ3n) is 3.30. The second-order valence-corrected chi connectivity index (χ2v) is 5.93. The van der Waals surface area contributed by atoms with Gasteiger partial charge in [0.2, 0.25) is 5.91 Å². The molecule has 1 aromatic rings. The summed E-state index contributed by atoms with van der Waals surface area (Å²) in [6, 6.07) is 1.50. The monoisotopic (exact) mass is 338 g/mol. The summed E-state index contributed by atoms with van der Waals surface area (Å²) in [6.07, 6.45) is 0.271. The maximum atomic E-state index is 12.0. The molecular weight excluding hydrogens is 316 g/mol. The summed E-state index contributed by atoms with van der Waals surface area (Å²) in [4.78, 5) is 35.2. The predicted octanol–water partition coefficient (Wildman–Crippen LogP) is 0.832. The molecule has 0 aliphatic rings. The first-order valence-electron chi connectivity index (χ1n) is 7.47. The van der Waals surface area contributed by atoms with Crippen molar-refractivity contribution in [2.45, 2.75) is 39.3 Å². The van der Waals surface area contributed by atoms with Gasteiger partial charge in [-0.1, -0.05) is 13.8 Å². The number of benzene rings is 1. The van der Waals surface area contributed by atoms with E-state index in [1.54, 1.807) is 0 Å². The number of carbonyl (C=O) groups excluding carboxylic acids is 2. The van der Waals surface area contributed by atoms with Gasteiger partial charge in [0.15, 0.2) is 11.5 Å². The minimum Gasteiger partial charge on any atom is -0.504 e. The smallest absolute Gasteiger partial charge is 0.326 e. The average Bonchev–Trinajstić information content (AvgIpc) is 2.48. The summed E-state index contributed by atoms with van der Waals surface area (Å²) in [7, 11) is 0. The summed E-state index contributed by atoms with van der Waals surface area (Å²) in [5.41, 5.74) is 0.0573. The van der Waals surface area contributed by atoms with Crippen molar-refractivity contribution in [2.24, 2.45) is 5.92 Å². The lowest BCUT2D eigenvalue weighted by atomic mass is 10.0. The molecule has 1 aromatic carbocycles. The van der Waals surface area contributed by atoms with E-state index in [-0.39, 0.29) is 23.7 Å². The summed E-state index contributed by atoms with van der Waals surface area (Å²) >= 11 is 0. The van der Waals surface area contributed by atoms with Crippen molar-refractivity contribution >= 4 is 17.8 Å². The average molecular weight is 338 g/mol. The number of carboxylic acid groups (broad SMARTS) is 1. The van der Waals surface area contributed by atoms with Crippen LogP contribution in [0, 0.1) is 5.92 Å². The highest BCUT2D eigenvalue weighted by Crippen LogP contribution is 2.24. The number of hydrogen-bond acceptors (Lipinski definition) is 5. The molecule has 1 rings (SSSR count). The van der Waals surface area contributed by atoms with Gasteiger partial charge in [-0.3, -0.25) is 9.59 Å². The quantitative estimate of drug-likeness (QED) is 0.467. The van der Waals surface area contributed by atoms with E-state index in [9.17, 15) is 24.6 Å². The van der Waals surface area contributed by atoms with Gasteiger partial charge < -0.3 is 26.0 Å². The van der Waals surface area contributed by atoms with Gasteiger partial charge in [0, 0.05) is 5.56 Å². The van der Waals surface area contributed by atoms with Crippen molar-refractivity contribution in [3.63, 3.8) is 0 Å². The second-order valence-electron chi connectivity index (χ2n) is 5.93. The summed E-state index contributed by atoms with van der Waals surface area (Å²) < 4.78 is 0. The molecule has 8 nitrogen and oxygen atoms in total. The first-order valence-corrected chi connectivity index (χ1v) is 7.47. The van der Waals surface area contributed by atoms with Gasteiger partial charge in [-0.15, -0.1) is 0 Å². The molecular formula is C16H22N2O6. The van der Waals surface area contributed by atoms with Crippen molar-refractivity contribution in [1.29, 1.82) is 0 Å². The van der Waals surface area contributed by atoms with Crippen molar-refractivity contribution in [3.8, 4) is 11.5 Å². The zero-order chi connectivity index (χ0) is 18.4. The standard InChI is InChI=1S/C16H22N2O6/c1-8(2)6-11(16(23)24)18-14(21)9(3)17-15(22)10-4-5-12(19)13(20)7-10/h4-5,7-9,11,19-20H,6H2,1-3H3,(H,17,22)(H,18,21)(H,23,24). The third kappa shape index (κ3) is 5.45. The van der Waals surface area contributed by atoms with E-state index in [1.807, 2.05) is 13.8 Å². The second kappa shape index (κ2) is 8.19. The molecule has 0 radical (unpaired) electrons. The van der Waals surface area contributed by atoms with Crippen molar-refractivity contribution in [3.05, 3.63) is 23.8 Å². The number of amides is 2. The van der Waals surface area contributed by atoms with Crippen LogP contribution in [0.25, 0.3) is 0 Å². The van der Waals surface area contributed by atoms with Crippen LogP contribution in [0.5, 0.6) is 11.5 Å². The van der Waals surface area contributed by atoms with Crippen LogP contribution in [-0.2, 0) is 9.59 Å². The van der Waals surface area contributed by atoms with Gasteiger partial charge in [-0.2, -0.15) is 0 Å². The van der Waals surface area contributed by atoms with Gasteiger partial charge in [-0.05, 0) is 37.5 Å². The van der Waals surface area contributed by atoms with E-state index in [0.717, 1.165) is 12.1 Å². The van der Waals surface area contributed by atoms with E-state index < -0.39 is 35.6 Å². The predicted molar refractivity (Wildman–Crippen MR) is 85.7 cm³/mol. The van der Waals surface area contributed by atoms with Crippen molar-refractivity contribution < 1.29 is 29.7 Å². The molecule has 5 N–H and O–H groups in total. The Morgan fingerprint density at radius 3 is 2.17 bits per heavy atom. The van der Waals surface area contributed by atoms with Gasteiger partial charge >= 0.3 is 5.97 Å². The highest BCUT2D eigenvalue weighted by atomic mass is 16.4. The van der Waals surface area contributed by atoms with Gasteiger partial charge in [0.25, 0.3) is 5.91 Å². The molecule has 0 bridgehead atoms. The SMILES string of the molecule is CC(C)CC(NC(=O)C(C)NC(=O)c1ccc(O)c(O)c1)C(=O)O. The number of rotatable bonds is 7. The Morgan fingerprint density at radius 1 is 1.04 bits per heavy atom. The molecule has 0 aromatic heterocycles. The van der Waals surface area contributed by atoms with E-state index in [2.05, 4.69) is 10.6 Å². The van der Waals surface area contributed by atoms with E-state index in [0.29, 0.717) is 0 Å². The largest absolute Gasteiger partial charge is 0.504 e. The maximum absolute atomic E-state index is 12.0. The third-order valence-corrected chi connectivity index (χ3v) is 3.30. The van der Waals surface area contributed by atoms with E-state index in [4.69, 9.17) is 5.11 Å². The topological polar surface area (TPSA) is 136 Å². The number of phenolic OH excluding ortho intramolecular Hbond substituents is 2. The van der Waals surface area contributed by atoms with Crippen LogP contribution in [0.3, 0.4) is 0 Å². The molecule has 2 unspecified atom stereocenters. The summed E-state index contributed by atoms with van der Waals surface area (Å²) in [5.74, 6) is -3.14. The number of nitrogens with one attached hydrogen (secondary N) is 2. The Kier molecular flexibility index (Phi) is 6.58. The van der Waals surface area contributed by atoms with E-state index in [1.165, 1.54) is 13.0 Å². The van der Waals surface area contributed by atoms with Gasteiger partial charge in [-0.25, -0.2) is 4.79 Å². The van der Waals surface area contributed by atoms with Crippen LogP contribution in [0.1, 0.15) is 37.6 Å². The molecule has 0 aliphatic heterocycles. The van der Waals surface area contributed by atoms with Crippen LogP contribution in [-0.4, -0.2) is 45.2 Å². The molecule has 2 atom stereocenters. The lowest BCUT2D eigenvalue weighted by molar-refractivity contribution is -0.142. The fourth-order valence-electron chi connectivity index (χ4n) is 2.00. The Morgan fingerprint density at radius 2 is 1.67 bits per heavy atom. The van der Waals surface area contributed by atoms with Crippen LogP contribution in [0.4, 0.5) is 0 Å². The van der Waals surface area contributed by atoms with Crippen LogP contribution in [0.15, 0.2) is 18.2 Å². The normalized spacial score (nSPS) is 13.2. The molecule has 132 valence electrons. The number of carbonyl (C=O) groups is 3. The first-order chi connectivity index (χ1) is 11.1. The molecule has 8 heteroatoms. The first kappa shape index (κ1) is 19.3. The molecule has 0 aliphatic carbocycles. The molecule has 0 spiro atoms. The van der Waals surface area contributed by atoms with Crippen molar-refractivity contribution in [2.75, 3.05) is 0 Å². The number of aromatic hydroxyl groups is 2. The molecule has 0 fully saturated rings. The highest BCUT2D eigenvalue weighted by molar-refractivity contribution is 5.98. The van der Waals surface area contributed by atoms with E-state index >= 15 is 0 Å². The van der Waals surface area contributed by atoms with Crippen LogP contribution < -0.4 is 10.6 Å². The zero-order valence-electron chi connectivity index (χ0n) is 13.7. The molecule has 0 saturated carbocycles. The Bertz CT molecular complexity index is 629. The molecule has 0 heterocycles. The Hall–Kier alpha value is -2.77. The summed E-state index contributed by atoms with van der Waals surface area (Å²) in [6.45, 7) is 5.09. The Balaban J connectivity index is 2.69. The fourth-order valence-corrected chi connectivity index (χ4v) is 2.00. The molecule has 2 amide bonds. The maximum Gasteiger partial charge on any atom is 0.326 e. The van der Waals surface area contributed by atoms with Crippen LogP contribution >= 0.6 is 0 Å². The zero-order valence-corrected chi connectivity index (χ0v) is 13.7. The molecule has 0 saturated heterocycles. The summed E-state index contributed by atoms with van der Waals surface area (Å²) in [5, 5.41) is 32.5. The van der Waals surface area contributed by atoms with Gasteiger partial charge in [0.1, 0.15) is 12.1 Å². The van der Waals surface area contributed by atoms with Crippen molar-refractivity contribution in [1.82, 2.24) is 10.6 Å². The minimum absolute atomic E-state index is 0.0573.